The van der Waals surface area contributed by atoms with E-state index < -0.39 is 29.3 Å². The second kappa shape index (κ2) is 5.53. The molecule has 5 rings (SSSR count). The van der Waals surface area contributed by atoms with E-state index in [1.165, 1.54) is 0 Å². The summed E-state index contributed by atoms with van der Waals surface area (Å²) in [5.74, 6) is -2.70. The Bertz CT molecular complexity index is 724. The fourth-order valence-corrected chi connectivity index (χ4v) is 6.30. The van der Waals surface area contributed by atoms with Crippen molar-refractivity contribution in [2.45, 2.75) is 57.3 Å². The molecule has 1 aliphatic carbocycles. The number of hydrogen-bond acceptors (Lipinski definition) is 5. The number of rotatable bonds is 3. The summed E-state index contributed by atoms with van der Waals surface area (Å²) in [5, 5.41) is 9.71. The number of carboxylic acids is 1. The van der Waals surface area contributed by atoms with Crippen molar-refractivity contribution in [1.82, 2.24) is 9.80 Å². The molecule has 1 N–H and O–H groups in total. The van der Waals surface area contributed by atoms with Crippen LogP contribution >= 0.6 is 0 Å². The summed E-state index contributed by atoms with van der Waals surface area (Å²) in [6.45, 7) is 2.16. The third kappa shape index (κ3) is 2.07. The number of hydrogen-bond donors (Lipinski definition) is 1. The zero-order chi connectivity index (χ0) is 19.1. The summed E-state index contributed by atoms with van der Waals surface area (Å²) >= 11 is 0. The summed E-state index contributed by atoms with van der Waals surface area (Å²) in [6, 6.07) is -0.889. The summed E-state index contributed by atoms with van der Waals surface area (Å²) < 4.78 is 5.73. The van der Waals surface area contributed by atoms with E-state index in [0.717, 1.165) is 30.6 Å². The molecule has 3 amide bonds. The Balaban J connectivity index is 1.35. The lowest BCUT2D eigenvalue weighted by Gasteiger charge is -2.29. The van der Waals surface area contributed by atoms with Crippen LogP contribution < -0.4 is 0 Å². The van der Waals surface area contributed by atoms with E-state index in [-0.39, 0.29) is 42.4 Å². The molecular weight excluding hydrogens is 352 g/mol. The number of amides is 3. The topological polar surface area (TPSA) is 104 Å². The largest absolute Gasteiger partial charge is 0.481 e. The van der Waals surface area contributed by atoms with Crippen molar-refractivity contribution < 1.29 is 29.0 Å². The minimum Gasteiger partial charge on any atom is -0.481 e. The van der Waals surface area contributed by atoms with E-state index in [4.69, 9.17) is 4.74 Å². The fraction of sp³-hybridized carbons (Fsp3) is 0.789. The van der Waals surface area contributed by atoms with Gasteiger partial charge in [-0.3, -0.25) is 24.1 Å². The maximum absolute atomic E-state index is 13.1. The molecule has 0 spiro atoms. The summed E-state index contributed by atoms with van der Waals surface area (Å²) in [4.78, 5) is 53.4. The quantitative estimate of drug-likeness (QED) is 0.708. The van der Waals surface area contributed by atoms with Gasteiger partial charge in [0.25, 0.3) is 0 Å². The van der Waals surface area contributed by atoms with Crippen molar-refractivity contribution in [2.24, 2.45) is 23.2 Å². The average Bonchev–Trinajstić information content (AvgIpc) is 3.39. The van der Waals surface area contributed by atoms with E-state index >= 15 is 0 Å². The molecule has 4 heterocycles. The molecule has 146 valence electrons. The van der Waals surface area contributed by atoms with Crippen LogP contribution in [-0.2, 0) is 23.9 Å². The van der Waals surface area contributed by atoms with E-state index in [1.807, 2.05) is 0 Å². The molecule has 0 aromatic heterocycles. The first-order valence-electron chi connectivity index (χ1n) is 9.90. The van der Waals surface area contributed by atoms with Gasteiger partial charge in [-0.1, -0.05) is 6.42 Å². The van der Waals surface area contributed by atoms with Crippen molar-refractivity contribution in [3.8, 4) is 0 Å². The number of ether oxygens (including phenoxy) is 1. The Kier molecular flexibility index (Phi) is 3.51. The van der Waals surface area contributed by atoms with Gasteiger partial charge < -0.3 is 14.7 Å². The highest BCUT2D eigenvalue weighted by atomic mass is 16.5. The van der Waals surface area contributed by atoms with Crippen LogP contribution in [0.4, 0.5) is 0 Å². The summed E-state index contributed by atoms with van der Waals surface area (Å²) in [5.41, 5.74) is -0.863. The van der Waals surface area contributed by atoms with Crippen molar-refractivity contribution in [2.75, 3.05) is 13.1 Å². The number of likely N-dealkylation sites (tertiary alicyclic amines) is 2. The molecule has 8 nitrogen and oxygen atoms in total. The van der Waals surface area contributed by atoms with Crippen LogP contribution in [0.1, 0.15) is 39.0 Å². The van der Waals surface area contributed by atoms with Gasteiger partial charge in [-0.05, 0) is 38.5 Å². The first-order valence-corrected chi connectivity index (χ1v) is 9.90. The standard InChI is InChI=1S/C19H24N2O6/c1-9(15(22)20-7-10-3-2-6-19(10,8-20)18(25)26)21-16(23)13-11-4-5-12(27-11)14(13)17(21)24/h9-14H,2-8H2,1H3,(H,25,26)/t9?,10-,11?,12?,13?,14?,19+/m0/s1. The van der Waals surface area contributed by atoms with Gasteiger partial charge in [-0.2, -0.15) is 0 Å². The van der Waals surface area contributed by atoms with Crippen molar-refractivity contribution in [3.05, 3.63) is 0 Å². The second-order valence-electron chi connectivity index (χ2n) is 8.83. The molecule has 0 radical (unpaired) electrons. The lowest BCUT2D eigenvalue weighted by Crippen LogP contribution is -2.50. The molecule has 0 aromatic rings. The van der Waals surface area contributed by atoms with E-state index in [2.05, 4.69) is 0 Å². The Morgan fingerprint density at radius 1 is 1.15 bits per heavy atom. The first kappa shape index (κ1) is 17.2. The molecule has 1 saturated carbocycles. The Morgan fingerprint density at radius 3 is 2.33 bits per heavy atom. The molecule has 8 heteroatoms. The van der Waals surface area contributed by atoms with Crippen molar-refractivity contribution in [1.29, 1.82) is 0 Å². The van der Waals surface area contributed by atoms with Crippen LogP contribution in [0.15, 0.2) is 0 Å². The van der Waals surface area contributed by atoms with Gasteiger partial charge in [0.05, 0.1) is 29.5 Å². The smallest absolute Gasteiger partial charge is 0.311 e. The van der Waals surface area contributed by atoms with Crippen LogP contribution in [0.5, 0.6) is 0 Å². The Hall–Kier alpha value is -1.96. The zero-order valence-corrected chi connectivity index (χ0v) is 15.3. The first-order chi connectivity index (χ1) is 12.8. The maximum atomic E-state index is 13.1. The van der Waals surface area contributed by atoms with Crippen molar-refractivity contribution in [3.63, 3.8) is 0 Å². The number of carbonyl (C=O) groups is 4. The molecule has 0 aromatic carbocycles. The number of carbonyl (C=O) groups excluding carboxylic acids is 3. The number of fused-ring (bicyclic) bond motifs is 6. The lowest BCUT2D eigenvalue weighted by molar-refractivity contribution is -0.154. The number of aliphatic carboxylic acids is 1. The Labute approximate surface area is 156 Å². The molecule has 4 saturated heterocycles. The second-order valence-corrected chi connectivity index (χ2v) is 8.83. The predicted octanol–water partition coefficient (Wildman–Crippen LogP) is 0.251. The molecular formula is C19H24N2O6. The number of nitrogens with zero attached hydrogens (tertiary/aromatic N) is 2. The van der Waals surface area contributed by atoms with Gasteiger partial charge in [-0.15, -0.1) is 0 Å². The molecule has 27 heavy (non-hydrogen) atoms. The van der Waals surface area contributed by atoms with Gasteiger partial charge >= 0.3 is 5.97 Å². The van der Waals surface area contributed by atoms with Gasteiger partial charge in [0.2, 0.25) is 17.7 Å². The number of carboxylic acid groups (broad SMARTS) is 1. The SMILES string of the molecule is CC(C(=O)N1C[C@@H]2CCC[C@@]2(C(=O)O)C1)N1C(=O)C2C3CCC(O3)C2C1=O. The van der Waals surface area contributed by atoms with E-state index in [1.54, 1.807) is 11.8 Å². The van der Waals surface area contributed by atoms with Crippen molar-refractivity contribution >= 4 is 23.7 Å². The van der Waals surface area contributed by atoms with Gasteiger partial charge in [0.1, 0.15) is 6.04 Å². The van der Waals surface area contributed by atoms with Crippen LogP contribution in [0.25, 0.3) is 0 Å². The lowest BCUT2D eigenvalue weighted by atomic mass is 9.81. The maximum Gasteiger partial charge on any atom is 0.311 e. The molecule has 4 aliphatic heterocycles. The highest BCUT2D eigenvalue weighted by molar-refractivity contribution is 6.09. The molecule has 5 aliphatic rings. The monoisotopic (exact) mass is 376 g/mol. The highest BCUT2D eigenvalue weighted by Crippen LogP contribution is 2.50. The minimum atomic E-state index is -0.889. The third-order valence-electron chi connectivity index (χ3n) is 7.67. The molecule has 5 unspecified atom stereocenters. The third-order valence-corrected chi connectivity index (χ3v) is 7.67. The van der Waals surface area contributed by atoms with Gasteiger partial charge in [0, 0.05) is 13.1 Å². The van der Waals surface area contributed by atoms with Crippen LogP contribution in [0.3, 0.4) is 0 Å². The molecule has 5 fully saturated rings. The van der Waals surface area contributed by atoms with Crippen LogP contribution in [0.2, 0.25) is 0 Å². The van der Waals surface area contributed by atoms with E-state index in [0.29, 0.717) is 13.0 Å². The summed E-state index contributed by atoms with van der Waals surface area (Å²) in [7, 11) is 0. The van der Waals surface area contributed by atoms with Gasteiger partial charge in [-0.25, -0.2) is 0 Å². The van der Waals surface area contributed by atoms with E-state index in [9.17, 15) is 24.3 Å². The Morgan fingerprint density at radius 2 is 1.78 bits per heavy atom. The average molecular weight is 376 g/mol. The number of imide groups is 1. The zero-order valence-electron chi connectivity index (χ0n) is 15.3. The predicted molar refractivity (Wildman–Crippen MR) is 90.2 cm³/mol. The van der Waals surface area contributed by atoms with Crippen LogP contribution in [-0.4, -0.2) is 69.9 Å². The minimum absolute atomic E-state index is 0.0419. The summed E-state index contributed by atoms with van der Waals surface area (Å²) in [6.07, 6.45) is 3.42. The molecule has 7 atom stereocenters. The molecule has 2 bridgehead atoms. The van der Waals surface area contributed by atoms with Crippen LogP contribution in [0, 0.1) is 23.2 Å². The fourth-order valence-electron chi connectivity index (χ4n) is 6.30. The normalized spacial score (nSPS) is 43.4. The van der Waals surface area contributed by atoms with Gasteiger partial charge in [0.15, 0.2) is 0 Å². The highest BCUT2D eigenvalue weighted by Gasteiger charge is 2.64.